The van der Waals surface area contributed by atoms with Gasteiger partial charge in [-0.15, -0.1) is 0 Å². The third-order valence-electron chi connectivity index (χ3n) is 4.93. The predicted octanol–water partition coefficient (Wildman–Crippen LogP) is 3.44. The molecule has 2 aromatic carbocycles. The van der Waals surface area contributed by atoms with Gasteiger partial charge in [0, 0.05) is 17.3 Å². The number of hydrogen-bond acceptors (Lipinski definition) is 5. The number of fused-ring (bicyclic) bond motifs is 1. The second kappa shape index (κ2) is 6.44. The Balaban J connectivity index is 1.85. The molecule has 136 valence electrons. The molecule has 0 radical (unpaired) electrons. The van der Waals surface area contributed by atoms with Crippen molar-refractivity contribution in [2.45, 2.75) is 25.0 Å². The van der Waals surface area contributed by atoms with Gasteiger partial charge in [-0.3, -0.25) is 4.79 Å². The number of ether oxygens (including phenoxy) is 3. The van der Waals surface area contributed by atoms with E-state index in [9.17, 15) is 4.79 Å². The van der Waals surface area contributed by atoms with E-state index in [4.69, 9.17) is 14.2 Å². The van der Waals surface area contributed by atoms with Crippen LogP contribution < -0.4 is 19.5 Å². The smallest absolute Gasteiger partial charge is 0.258 e. The van der Waals surface area contributed by atoms with Crippen LogP contribution in [0.3, 0.4) is 0 Å². The van der Waals surface area contributed by atoms with E-state index in [-0.39, 0.29) is 18.1 Å². The number of nitrogens with one attached hydrogen (secondary N) is 1. The van der Waals surface area contributed by atoms with Gasteiger partial charge in [0.2, 0.25) is 5.75 Å². The maximum atomic E-state index is 13.1. The van der Waals surface area contributed by atoms with E-state index < -0.39 is 0 Å². The Morgan fingerprint density at radius 2 is 1.69 bits per heavy atom. The second-order valence-electron chi connectivity index (χ2n) is 6.46. The molecule has 0 bridgehead atoms. The molecule has 6 heteroatoms. The summed E-state index contributed by atoms with van der Waals surface area (Å²) < 4.78 is 16.5. The van der Waals surface area contributed by atoms with Gasteiger partial charge in [0.25, 0.3) is 5.91 Å². The summed E-state index contributed by atoms with van der Waals surface area (Å²) in [5, 5.41) is 3.51. The minimum atomic E-state index is -0.320. The highest BCUT2D eigenvalue weighted by atomic mass is 16.5. The van der Waals surface area contributed by atoms with Gasteiger partial charge in [0.1, 0.15) is 6.17 Å². The topological polar surface area (TPSA) is 60.0 Å². The maximum absolute atomic E-state index is 13.1. The Hall–Kier alpha value is -2.89. The highest BCUT2D eigenvalue weighted by molar-refractivity contribution is 6.02. The molecule has 1 amide bonds. The summed E-state index contributed by atoms with van der Waals surface area (Å²) in [4.78, 5) is 15.1. The van der Waals surface area contributed by atoms with Crippen molar-refractivity contribution in [3.8, 4) is 17.2 Å². The molecule has 26 heavy (non-hydrogen) atoms. The van der Waals surface area contributed by atoms with E-state index in [2.05, 4.69) is 5.32 Å². The summed E-state index contributed by atoms with van der Waals surface area (Å²) in [6.07, 6.45) is 1.71. The van der Waals surface area contributed by atoms with Gasteiger partial charge < -0.3 is 24.4 Å². The molecule has 4 rings (SSSR count). The van der Waals surface area contributed by atoms with Crippen LogP contribution >= 0.6 is 0 Å². The number of amides is 1. The van der Waals surface area contributed by atoms with E-state index in [1.54, 1.807) is 21.3 Å². The summed E-state index contributed by atoms with van der Waals surface area (Å²) in [7, 11) is 4.77. The Bertz CT molecular complexity index is 848. The normalized spacial score (nSPS) is 18.8. The maximum Gasteiger partial charge on any atom is 0.258 e. The molecule has 6 nitrogen and oxygen atoms in total. The predicted molar refractivity (Wildman–Crippen MR) is 98.1 cm³/mol. The number of para-hydroxylation sites is 1. The summed E-state index contributed by atoms with van der Waals surface area (Å²) >= 11 is 0. The molecule has 1 atom stereocenters. The fraction of sp³-hybridized carbons (Fsp3) is 0.350. The first-order valence-electron chi connectivity index (χ1n) is 8.66. The van der Waals surface area contributed by atoms with Crippen molar-refractivity contribution in [3.63, 3.8) is 0 Å². The van der Waals surface area contributed by atoms with Crippen LogP contribution in [0, 0.1) is 0 Å². The molecule has 0 unspecified atom stereocenters. The molecule has 1 heterocycles. The molecule has 1 aliphatic heterocycles. The third-order valence-corrected chi connectivity index (χ3v) is 4.93. The SMILES string of the molecule is COc1ccc([C@@H]2Nc3ccccc3C(=O)N2C2CC2)c(OC)c1OC. The van der Waals surface area contributed by atoms with Gasteiger partial charge in [-0.2, -0.15) is 0 Å². The van der Waals surface area contributed by atoms with E-state index in [1.165, 1.54) is 0 Å². The van der Waals surface area contributed by atoms with Crippen LogP contribution in [0.25, 0.3) is 0 Å². The fourth-order valence-corrected chi connectivity index (χ4v) is 3.57. The average Bonchev–Trinajstić information content (AvgIpc) is 3.51. The first-order valence-corrected chi connectivity index (χ1v) is 8.66. The number of carbonyl (C=O) groups is 1. The number of carbonyl (C=O) groups excluding carboxylic acids is 1. The van der Waals surface area contributed by atoms with E-state index in [0.717, 1.165) is 24.1 Å². The Labute approximate surface area is 152 Å². The van der Waals surface area contributed by atoms with Gasteiger partial charge in [-0.25, -0.2) is 0 Å². The lowest BCUT2D eigenvalue weighted by molar-refractivity contribution is 0.0664. The van der Waals surface area contributed by atoms with Gasteiger partial charge >= 0.3 is 0 Å². The molecule has 1 saturated carbocycles. The lowest BCUT2D eigenvalue weighted by Crippen LogP contribution is -2.44. The number of rotatable bonds is 5. The molecule has 1 aliphatic carbocycles. The second-order valence-corrected chi connectivity index (χ2v) is 6.46. The van der Waals surface area contributed by atoms with Crippen molar-refractivity contribution in [3.05, 3.63) is 47.5 Å². The van der Waals surface area contributed by atoms with Crippen LogP contribution in [0.5, 0.6) is 17.2 Å². The molecular weight excluding hydrogens is 332 g/mol. The highest BCUT2D eigenvalue weighted by Crippen LogP contribution is 2.47. The van der Waals surface area contributed by atoms with Crippen molar-refractivity contribution in [1.29, 1.82) is 0 Å². The quantitative estimate of drug-likeness (QED) is 0.891. The average molecular weight is 354 g/mol. The van der Waals surface area contributed by atoms with Crippen molar-refractivity contribution in [2.24, 2.45) is 0 Å². The summed E-state index contributed by atoms with van der Waals surface area (Å²) in [5.41, 5.74) is 2.38. The van der Waals surface area contributed by atoms with E-state index in [0.29, 0.717) is 22.8 Å². The monoisotopic (exact) mass is 354 g/mol. The van der Waals surface area contributed by atoms with Crippen molar-refractivity contribution >= 4 is 11.6 Å². The zero-order valence-electron chi connectivity index (χ0n) is 15.1. The molecule has 0 saturated heterocycles. The van der Waals surface area contributed by atoms with Crippen molar-refractivity contribution in [1.82, 2.24) is 4.90 Å². The van der Waals surface area contributed by atoms with E-state index in [1.807, 2.05) is 41.3 Å². The van der Waals surface area contributed by atoms with Crippen LogP contribution in [0.1, 0.15) is 34.9 Å². The first kappa shape index (κ1) is 16.6. The zero-order chi connectivity index (χ0) is 18.3. The standard InChI is InChI=1S/C20H22N2O4/c1-24-16-11-10-14(17(25-2)18(16)26-3)19-21-15-7-5-4-6-13(15)20(23)22(19)12-8-9-12/h4-7,10-12,19,21H,8-9H2,1-3H3/t19-/m1/s1. The van der Waals surface area contributed by atoms with Crippen LogP contribution in [-0.2, 0) is 0 Å². The van der Waals surface area contributed by atoms with Crippen LogP contribution in [0.4, 0.5) is 5.69 Å². The molecule has 1 fully saturated rings. The van der Waals surface area contributed by atoms with Gasteiger partial charge in [-0.05, 0) is 37.1 Å². The Morgan fingerprint density at radius 1 is 0.962 bits per heavy atom. The van der Waals surface area contributed by atoms with Gasteiger partial charge in [-0.1, -0.05) is 12.1 Å². The molecule has 0 aromatic heterocycles. The van der Waals surface area contributed by atoms with Crippen LogP contribution in [0.15, 0.2) is 36.4 Å². The molecule has 1 N–H and O–H groups in total. The number of hydrogen-bond donors (Lipinski definition) is 1. The Kier molecular flexibility index (Phi) is 4.11. The van der Waals surface area contributed by atoms with Crippen LogP contribution in [-0.4, -0.2) is 38.2 Å². The van der Waals surface area contributed by atoms with Crippen molar-refractivity contribution in [2.75, 3.05) is 26.6 Å². The number of methoxy groups -OCH3 is 3. The lowest BCUT2D eigenvalue weighted by Gasteiger charge is -2.39. The third kappa shape index (κ3) is 2.53. The Morgan fingerprint density at radius 3 is 2.35 bits per heavy atom. The first-order chi connectivity index (χ1) is 12.7. The molecule has 2 aromatic rings. The largest absolute Gasteiger partial charge is 0.493 e. The lowest BCUT2D eigenvalue weighted by atomic mass is 10.0. The minimum Gasteiger partial charge on any atom is -0.493 e. The number of anilines is 1. The number of benzene rings is 2. The molecule has 0 spiro atoms. The fourth-order valence-electron chi connectivity index (χ4n) is 3.57. The molecular formula is C20H22N2O4. The summed E-state index contributed by atoms with van der Waals surface area (Å²) in [5.74, 6) is 1.73. The molecule has 2 aliphatic rings. The van der Waals surface area contributed by atoms with Crippen LogP contribution in [0.2, 0.25) is 0 Å². The van der Waals surface area contributed by atoms with Crippen molar-refractivity contribution < 1.29 is 19.0 Å². The van der Waals surface area contributed by atoms with E-state index >= 15 is 0 Å². The minimum absolute atomic E-state index is 0.0451. The summed E-state index contributed by atoms with van der Waals surface area (Å²) in [6, 6.07) is 11.6. The zero-order valence-corrected chi connectivity index (χ0v) is 15.1. The number of nitrogens with zero attached hydrogens (tertiary/aromatic N) is 1. The summed E-state index contributed by atoms with van der Waals surface area (Å²) in [6.45, 7) is 0. The van der Waals surface area contributed by atoms with Gasteiger partial charge in [0.15, 0.2) is 11.5 Å². The van der Waals surface area contributed by atoms with Gasteiger partial charge in [0.05, 0.1) is 26.9 Å². The highest BCUT2D eigenvalue weighted by Gasteiger charge is 2.43.